The van der Waals surface area contributed by atoms with Gasteiger partial charge in [0.1, 0.15) is 0 Å². The number of ether oxygens (including phenoxy) is 1. The van der Waals surface area contributed by atoms with Crippen molar-refractivity contribution in [1.29, 1.82) is 0 Å². The molecule has 2 rings (SSSR count). The van der Waals surface area contributed by atoms with E-state index >= 15 is 0 Å². The van der Waals surface area contributed by atoms with Gasteiger partial charge in [0.2, 0.25) is 0 Å². The van der Waals surface area contributed by atoms with Gasteiger partial charge in [-0.1, -0.05) is 19.8 Å². The van der Waals surface area contributed by atoms with Crippen molar-refractivity contribution in [2.24, 2.45) is 11.7 Å². The van der Waals surface area contributed by atoms with Crippen molar-refractivity contribution >= 4 is 11.3 Å². The van der Waals surface area contributed by atoms with Gasteiger partial charge in [0.05, 0.1) is 11.6 Å². The van der Waals surface area contributed by atoms with Crippen molar-refractivity contribution < 1.29 is 4.74 Å². The third-order valence-corrected chi connectivity index (χ3v) is 5.06. The molecule has 96 valence electrons. The number of aryl methyl sites for hydroxylation is 1. The van der Waals surface area contributed by atoms with Crippen molar-refractivity contribution in [3.63, 3.8) is 0 Å². The van der Waals surface area contributed by atoms with E-state index in [-0.39, 0.29) is 11.6 Å². The Morgan fingerprint density at radius 2 is 2.35 bits per heavy atom. The molecule has 1 aliphatic rings. The summed E-state index contributed by atoms with van der Waals surface area (Å²) in [5, 5.41) is 2.13. The summed E-state index contributed by atoms with van der Waals surface area (Å²) in [6, 6.07) is 2.17. The van der Waals surface area contributed by atoms with E-state index in [9.17, 15) is 0 Å². The molecule has 1 aromatic heterocycles. The summed E-state index contributed by atoms with van der Waals surface area (Å²) < 4.78 is 5.87. The van der Waals surface area contributed by atoms with Crippen LogP contribution in [0.5, 0.6) is 0 Å². The van der Waals surface area contributed by atoms with E-state index in [1.54, 1.807) is 11.3 Å². The molecular weight excluding hydrogens is 230 g/mol. The minimum absolute atomic E-state index is 0.0153. The maximum absolute atomic E-state index is 6.50. The molecule has 1 fully saturated rings. The maximum Gasteiger partial charge on any atom is 0.0873 e. The van der Waals surface area contributed by atoms with Gasteiger partial charge in [-0.3, -0.25) is 0 Å². The highest BCUT2D eigenvalue weighted by molar-refractivity contribution is 7.10. The van der Waals surface area contributed by atoms with E-state index in [0.717, 1.165) is 12.8 Å². The number of rotatable bonds is 3. The Labute approximate surface area is 108 Å². The fourth-order valence-corrected chi connectivity index (χ4v) is 3.89. The van der Waals surface area contributed by atoms with Gasteiger partial charge in [0, 0.05) is 12.0 Å². The maximum atomic E-state index is 6.50. The van der Waals surface area contributed by atoms with E-state index in [2.05, 4.69) is 25.3 Å². The molecule has 17 heavy (non-hydrogen) atoms. The molecule has 1 heterocycles. The average Bonchev–Trinajstić information content (AvgIpc) is 2.74. The van der Waals surface area contributed by atoms with Gasteiger partial charge in [0.25, 0.3) is 0 Å². The van der Waals surface area contributed by atoms with E-state index in [1.165, 1.54) is 23.3 Å². The number of methoxy groups -OCH3 is 1. The van der Waals surface area contributed by atoms with Gasteiger partial charge in [0.15, 0.2) is 0 Å². The lowest BCUT2D eigenvalue weighted by Crippen LogP contribution is -2.46. The predicted octanol–water partition coefficient (Wildman–Crippen LogP) is 3.65. The average molecular weight is 253 g/mol. The zero-order chi connectivity index (χ0) is 12.5. The van der Waals surface area contributed by atoms with Gasteiger partial charge < -0.3 is 10.5 Å². The summed E-state index contributed by atoms with van der Waals surface area (Å²) in [7, 11) is 1.82. The van der Waals surface area contributed by atoms with Crippen LogP contribution in [0.25, 0.3) is 0 Å². The second kappa shape index (κ2) is 5.09. The fourth-order valence-electron chi connectivity index (χ4n) is 3.14. The van der Waals surface area contributed by atoms with Gasteiger partial charge in [-0.05, 0) is 42.7 Å². The van der Waals surface area contributed by atoms with Crippen LogP contribution in [0.1, 0.15) is 49.1 Å². The lowest BCUT2D eigenvalue weighted by atomic mass is 9.73. The highest BCUT2D eigenvalue weighted by Crippen LogP contribution is 2.43. The second-order valence-corrected chi connectivity index (χ2v) is 6.50. The minimum Gasteiger partial charge on any atom is -0.376 e. The molecule has 1 saturated carbocycles. The van der Waals surface area contributed by atoms with Crippen molar-refractivity contribution in [1.82, 2.24) is 0 Å². The van der Waals surface area contributed by atoms with E-state index in [4.69, 9.17) is 10.5 Å². The van der Waals surface area contributed by atoms with Crippen LogP contribution in [0.4, 0.5) is 0 Å². The Balaban J connectivity index is 2.26. The number of nitrogens with two attached hydrogens (primary N) is 1. The van der Waals surface area contributed by atoms with Crippen molar-refractivity contribution in [3.05, 3.63) is 21.9 Å². The normalized spacial score (nSPS) is 31.4. The van der Waals surface area contributed by atoms with Crippen LogP contribution in [0.15, 0.2) is 11.4 Å². The van der Waals surface area contributed by atoms with Crippen LogP contribution < -0.4 is 5.73 Å². The van der Waals surface area contributed by atoms with Gasteiger partial charge in [-0.15, -0.1) is 11.3 Å². The molecule has 3 unspecified atom stereocenters. The van der Waals surface area contributed by atoms with Crippen LogP contribution in [-0.4, -0.2) is 12.7 Å². The van der Waals surface area contributed by atoms with Gasteiger partial charge >= 0.3 is 0 Å². The lowest BCUT2D eigenvalue weighted by molar-refractivity contribution is -0.0718. The quantitative estimate of drug-likeness (QED) is 0.892. The zero-order valence-corrected chi connectivity index (χ0v) is 11.8. The number of thiophene rings is 1. The Bertz CT molecular complexity index is 376. The van der Waals surface area contributed by atoms with E-state index in [0.29, 0.717) is 5.92 Å². The SMILES string of the molecule is COC1(C(N)c2ccsc2C)CCCC(C)C1. The molecule has 2 nitrogen and oxygen atoms in total. The van der Waals surface area contributed by atoms with Crippen LogP contribution in [0, 0.1) is 12.8 Å². The minimum atomic E-state index is -0.149. The lowest BCUT2D eigenvalue weighted by Gasteiger charge is -2.43. The summed E-state index contributed by atoms with van der Waals surface area (Å²) in [4.78, 5) is 1.33. The molecule has 2 N–H and O–H groups in total. The fraction of sp³-hybridized carbons (Fsp3) is 0.714. The standard InChI is InChI=1S/C14H23NOS/c1-10-5-4-7-14(9-10,16-3)13(15)12-6-8-17-11(12)2/h6,8,10,13H,4-5,7,9,15H2,1-3H3. The van der Waals surface area contributed by atoms with Crippen molar-refractivity contribution in [3.8, 4) is 0 Å². The van der Waals surface area contributed by atoms with Crippen LogP contribution in [-0.2, 0) is 4.74 Å². The topological polar surface area (TPSA) is 35.2 Å². The zero-order valence-electron chi connectivity index (χ0n) is 11.0. The van der Waals surface area contributed by atoms with Crippen molar-refractivity contribution in [2.75, 3.05) is 7.11 Å². The number of hydrogen-bond donors (Lipinski definition) is 1. The monoisotopic (exact) mass is 253 g/mol. The molecular formula is C14H23NOS. The summed E-state index contributed by atoms with van der Waals surface area (Å²) in [6.45, 7) is 4.45. The Kier molecular flexibility index (Phi) is 3.91. The first-order chi connectivity index (χ1) is 8.09. The first kappa shape index (κ1) is 13.1. The molecule has 0 radical (unpaired) electrons. The number of hydrogen-bond acceptors (Lipinski definition) is 3. The molecule has 3 heteroatoms. The van der Waals surface area contributed by atoms with Gasteiger partial charge in [-0.2, -0.15) is 0 Å². The first-order valence-corrected chi connectivity index (χ1v) is 7.32. The third kappa shape index (κ3) is 2.42. The van der Waals surface area contributed by atoms with Crippen molar-refractivity contribution in [2.45, 2.75) is 51.2 Å². The molecule has 0 amide bonds. The highest BCUT2D eigenvalue weighted by Gasteiger charge is 2.41. The second-order valence-electron chi connectivity index (χ2n) is 5.38. The van der Waals surface area contributed by atoms with Crippen LogP contribution >= 0.6 is 11.3 Å². The predicted molar refractivity (Wildman–Crippen MR) is 73.4 cm³/mol. The highest BCUT2D eigenvalue weighted by atomic mass is 32.1. The molecule has 3 atom stereocenters. The van der Waals surface area contributed by atoms with Crippen LogP contribution in [0.2, 0.25) is 0 Å². The largest absolute Gasteiger partial charge is 0.376 e. The molecule has 0 aliphatic heterocycles. The molecule has 0 spiro atoms. The Morgan fingerprint density at radius 1 is 1.59 bits per heavy atom. The van der Waals surface area contributed by atoms with E-state index < -0.39 is 0 Å². The first-order valence-electron chi connectivity index (χ1n) is 6.44. The Morgan fingerprint density at radius 3 is 2.88 bits per heavy atom. The van der Waals surface area contributed by atoms with Crippen LogP contribution in [0.3, 0.4) is 0 Å². The smallest absolute Gasteiger partial charge is 0.0873 e. The molecule has 0 bridgehead atoms. The third-order valence-electron chi connectivity index (χ3n) is 4.20. The molecule has 0 saturated heterocycles. The van der Waals surface area contributed by atoms with E-state index in [1.807, 2.05) is 7.11 Å². The van der Waals surface area contributed by atoms with Gasteiger partial charge in [-0.25, -0.2) is 0 Å². The Hall–Kier alpha value is -0.380. The molecule has 1 aromatic rings. The summed E-state index contributed by atoms with van der Waals surface area (Å²) >= 11 is 1.77. The summed E-state index contributed by atoms with van der Waals surface area (Å²) in [5.74, 6) is 0.716. The molecule has 0 aromatic carbocycles. The summed E-state index contributed by atoms with van der Waals surface area (Å²) in [5.41, 5.74) is 7.62. The summed E-state index contributed by atoms with van der Waals surface area (Å²) in [6.07, 6.45) is 4.70. The molecule has 1 aliphatic carbocycles.